The number of hydrogen-bond donors (Lipinski definition) is 0. The molecule has 0 bridgehead atoms. The third kappa shape index (κ3) is 4.51. The number of nitrogens with zero attached hydrogens (tertiary/aromatic N) is 5. The van der Waals surface area contributed by atoms with Crippen molar-refractivity contribution in [2.45, 2.75) is 36.1 Å². The monoisotopic (exact) mass is 423 g/mol. The van der Waals surface area contributed by atoms with Crippen LogP contribution in [0, 0.1) is 5.82 Å². The maximum Gasteiger partial charge on any atom is 0.295 e. The minimum absolute atomic E-state index is 0.158. The normalized spacial score (nSPS) is 14.7. The lowest BCUT2D eigenvalue weighted by atomic mass is 10.2. The molecular weight excluding hydrogens is 405 g/mol. The highest BCUT2D eigenvalue weighted by atomic mass is 32.2. The number of rotatable bonds is 6. The van der Waals surface area contributed by atoms with Crippen LogP contribution in [0.3, 0.4) is 0 Å². The first-order chi connectivity index (χ1) is 14.5. The van der Waals surface area contributed by atoms with E-state index in [0.29, 0.717) is 11.1 Å². The molecule has 9 heteroatoms. The van der Waals surface area contributed by atoms with Crippen LogP contribution < -0.4 is 0 Å². The number of halogens is 1. The van der Waals surface area contributed by atoms with Crippen LogP contribution in [0.25, 0.3) is 5.69 Å². The van der Waals surface area contributed by atoms with Crippen LogP contribution in [0.2, 0.25) is 0 Å². The third-order valence-corrected chi connectivity index (χ3v) is 5.61. The van der Waals surface area contributed by atoms with Gasteiger partial charge in [0.1, 0.15) is 11.6 Å². The number of azo groups is 1. The van der Waals surface area contributed by atoms with E-state index >= 15 is 0 Å². The smallest absolute Gasteiger partial charge is 0.274 e. The van der Waals surface area contributed by atoms with Crippen LogP contribution in [0.15, 0.2) is 70.0 Å². The maximum absolute atomic E-state index is 13.0. The van der Waals surface area contributed by atoms with Gasteiger partial charge < -0.3 is 0 Å². The van der Waals surface area contributed by atoms with Crippen LogP contribution >= 0.6 is 11.8 Å². The molecule has 1 aromatic heterocycles. The molecule has 0 N–H and O–H groups in total. The lowest BCUT2D eigenvalue weighted by Crippen LogP contribution is -2.12. The second-order valence-corrected chi connectivity index (χ2v) is 8.20. The predicted octanol–water partition coefficient (Wildman–Crippen LogP) is 4.58. The summed E-state index contributed by atoms with van der Waals surface area (Å²) in [6.07, 6.45) is 2.15. The maximum atomic E-state index is 13.0. The minimum Gasteiger partial charge on any atom is -0.274 e. The van der Waals surface area contributed by atoms with Crippen molar-refractivity contribution >= 4 is 23.6 Å². The molecule has 0 spiro atoms. The van der Waals surface area contributed by atoms with Crippen molar-refractivity contribution in [3.05, 3.63) is 71.8 Å². The van der Waals surface area contributed by atoms with Crippen molar-refractivity contribution in [2.75, 3.05) is 0 Å². The molecule has 152 valence electrons. The SMILES string of the molecule is CC(Sc1nnc(C2CC2)n1-c1ccccc1)C(=O)N=NC(=O)c1ccc(F)cc1. The minimum atomic E-state index is -0.705. The van der Waals surface area contributed by atoms with Gasteiger partial charge in [-0.1, -0.05) is 30.0 Å². The Kier molecular flexibility index (Phi) is 5.80. The summed E-state index contributed by atoms with van der Waals surface area (Å²) in [5, 5.41) is 15.6. The Morgan fingerprint density at radius 1 is 1.07 bits per heavy atom. The summed E-state index contributed by atoms with van der Waals surface area (Å²) in [5.74, 6) is -0.463. The largest absolute Gasteiger partial charge is 0.295 e. The first-order valence-electron chi connectivity index (χ1n) is 9.46. The van der Waals surface area contributed by atoms with Gasteiger partial charge in [0.15, 0.2) is 5.16 Å². The zero-order valence-corrected chi connectivity index (χ0v) is 16.9. The molecule has 2 amide bonds. The number of amides is 2. The second-order valence-electron chi connectivity index (χ2n) is 6.90. The summed E-state index contributed by atoms with van der Waals surface area (Å²) >= 11 is 1.21. The van der Waals surface area contributed by atoms with Gasteiger partial charge in [-0.05, 0) is 56.2 Å². The molecule has 1 heterocycles. The van der Waals surface area contributed by atoms with Crippen molar-refractivity contribution in [1.82, 2.24) is 14.8 Å². The summed E-state index contributed by atoms with van der Waals surface area (Å²) in [4.78, 5) is 24.4. The fourth-order valence-electron chi connectivity index (χ4n) is 2.82. The summed E-state index contributed by atoms with van der Waals surface area (Å²) in [6, 6.07) is 14.6. The van der Waals surface area contributed by atoms with Crippen molar-refractivity contribution < 1.29 is 14.0 Å². The molecule has 1 fully saturated rings. The van der Waals surface area contributed by atoms with Gasteiger partial charge in [-0.15, -0.1) is 20.4 Å². The zero-order chi connectivity index (χ0) is 21.1. The van der Waals surface area contributed by atoms with E-state index in [0.717, 1.165) is 36.5 Å². The molecule has 1 saturated carbocycles. The highest BCUT2D eigenvalue weighted by Gasteiger charge is 2.31. The average Bonchev–Trinajstić information content (AvgIpc) is 3.53. The van der Waals surface area contributed by atoms with Crippen LogP contribution in [0.1, 0.15) is 41.9 Å². The van der Waals surface area contributed by atoms with Crippen LogP contribution in [-0.2, 0) is 4.79 Å². The van der Waals surface area contributed by atoms with E-state index in [-0.39, 0.29) is 5.56 Å². The first-order valence-corrected chi connectivity index (χ1v) is 10.3. The van der Waals surface area contributed by atoms with Gasteiger partial charge in [0.05, 0.1) is 5.25 Å². The molecule has 0 saturated heterocycles. The van der Waals surface area contributed by atoms with E-state index in [1.807, 2.05) is 34.9 Å². The fourth-order valence-corrected chi connectivity index (χ4v) is 3.67. The number of carbonyl (C=O) groups excluding carboxylic acids is 2. The third-order valence-electron chi connectivity index (χ3n) is 4.58. The molecule has 0 aliphatic heterocycles. The van der Waals surface area contributed by atoms with E-state index in [4.69, 9.17) is 0 Å². The van der Waals surface area contributed by atoms with Crippen molar-refractivity contribution in [1.29, 1.82) is 0 Å². The lowest BCUT2D eigenvalue weighted by Gasteiger charge is -2.11. The van der Waals surface area contributed by atoms with E-state index in [2.05, 4.69) is 20.4 Å². The van der Waals surface area contributed by atoms with Crippen molar-refractivity contribution in [3.63, 3.8) is 0 Å². The van der Waals surface area contributed by atoms with Gasteiger partial charge in [0, 0.05) is 17.2 Å². The van der Waals surface area contributed by atoms with Crippen molar-refractivity contribution in [3.8, 4) is 5.69 Å². The Balaban J connectivity index is 1.48. The molecular formula is C21H18FN5O2S. The molecule has 0 radical (unpaired) electrons. The molecule has 1 aliphatic carbocycles. The standard InChI is InChI=1S/C21H18FN5O2S/c1-13(19(28)24-25-20(29)15-9-11-16(22)12-10-15)30-21-26-23-18(14-7-8-14)27(21)17-5-3-2-4-6-17/h2-6,9-14H,7-8H2,1H3. The number of hydrogen-bond acceptors (Lipinski definition) is 5. The van der Waals surface area contributed by atoms with E-state index in [1.165, 1.54) is 23.9 Å². The Hall–Kier alpha value is -3.20. The summed E-state index contributed by atoms with van der Waals surface area (Å²) < 4.78 is 14.9. The Bertz CT molecular complexity index is 1090. The van der Waals surface area contributed by atoms with Crippen LogP contribution in [-0.4, -0.2) is 31.8 Å². The Labute approximate surface area is 176 Å². The summed E-state index contributed by atoms with van der Waals surface area (Å²) in [6.45, 7) is 1.68. The zero-order valence-electron chi connectivity index (χ0n) is 16.1. The molecule has 1 aliphatic rings. The molecule has 30 heavy (non-hydrogen) atoms. The molecule has 7 nitrogen and oxygen atoms in total. The number of thioether (sulfide) groups is 1. The van der Waals surface area contributed by atoms with Gasteiger partial charge in [-0.3, -0.25) is 14.2 Å². The van der Waals surface area contributed by atoms with Crippen molar-refractivity contribution in [2.24, 2.45) is 10.2 Å². The van der Waals surface area contributed by atoms with Gasteiger partial charge in [0.2, 0.25) is 0 Å². The van der Waals surface area contributed by atoms with E-state index in [9.17, 15) is 14.0 Å². The Morgan fingerprint density at radius 2 is 1.77 bits per heavy atom. The fraction of sp³-hybridized carbons (Fsp3) is 0.238. The van der Waals surface area contributed by atoms with E-state index < -0.39 is 22.9 Å². The van der Waals surface area contributed by atoms with Gasteiger partial charge in [-0.2, -0.15) is 0 Å². The summed E-state index contributed by atoms with van der Waals surface area (Å²) in [5.41, 5.74) is 1.09. The number of para-hydroxylation sites is 1. The van der Waals surface area contributed by atoms with Crippen LogP contribution in [0.5, 0.6) is 0 Å². The Morgan fingerprint density at radius 3 is 2.43 bits per heavy atom. The summed E-state index contributed by atoms with van der Waals surface area (Å²) in [7, 11) is 0. The van der Waals surface area contributed by atoms with Crippen LogP contribution in [0.4, 0.5) is 4.39 Å². The quantitative estimate of drug-likeness (QED) is 0.427. The molecule has 1 unspecified atom stereocenters. The number of carbonyl (C=O) groups is 2. The second kappa shape index (κ2) is 8.66. The lowest BCUT2D eigenvalue weighted by molar-refractivity contribution is -0.117. The van der Waals surface area contributed by atoms with Gasteiger partial charge in [-0.25, -0.2) is 4.39 Å². The van der Waals surface area contributed by atoms with E-state index in [1.54, 1.807) is 6.92 Å². The van der Waals surface area contributed by atoms with Gasteiger partial charge >= 0.3 is 0 Å². The molecule has 4 rings (SSSR count). The molecule has 1 atom stereocenters. The number of benzene rings is 2. The molecule has 2 aromatic carbocycles. The number of aromatic nitrogens is 3. The average molecular weight is 423 g/mol. The topological polar surface area (TPSA) is 89.6 Å². The highest BCUT2D eigenvalue weighted by molar-refractivity contribution is 8.00. The first kappa shape index (κ1) is 20.1. The predicted molar refractivity (Wildman–Crippen MR) is 109 cm³/mol. The highest BCUT2D eigenvalue weighted by Crippen LogP contribution is 2.41. The van der Waals surface area contributed by atoms with Gasteiger partial charge in [0.25, 0.3) is 11.8 Å². The molecule has 3 aromatic rings.